The molecule has 1 nitrogen and oxygen atoms in total. The molecular formula is C19H34O. The molecule has 0 spiro atoms. The Bertz CT molecular complexity index is 331. The Hall–Kier alpha value is -0.300. The molecule has 0 amide bonds. The average molecular weight is 278 g/mol. The molecule has 1 heteroatoms. The van der Waals surface area contributed by atoms with Gasteiger partial charge >= 0.3 is 0 Å². The Labute approximate surface area is 125 Å². The number of hydrogen-bond acceptors (Lipinski definition) is 1. The molecule has 0 aromatic rings. The number of aliphatic hydroxyl groups is 1. The molecule has 2 rings (SSSR count). The smallest absolute Gasteiger partial charge is 0.0577 e. The van der Waals surface area contributed by atoms with Crippen molar-refractivity contribution in [3.05, 3.63) is 11.6 Å². The van der Waals surface area contributed by atoms with Gasteiger partial charge in [-0.1, -0.05) is 38.8 Å². The third-order valence-electron chi connectivity index (χ3n) is 5.93. The van der Waals surface area contributed by atoms with Crippen LogP contribution in [0.3, 0.4) is 0 Å². The van der Waals surface area contributed by atoms with Crippen molar-refractivity contribution in [2.24, 2.45) is 29.6 Å². The van der Waals surface area contributed by atoms with Crippen LogP contribution in [0.25, 0.3) is 0 Å². The number of aliphatic hydroxyl groups excluding tert-OH is 1. The molecule has 2 aliphatic rings. The first-order chi connectivity index (χ1) is 9.47. The maximum Gasteiger partial charge on any atom is 0.0577 e. The van der Waals surface area contributed by atoms with Gasteiger partial charge in [-0.3, -0.25) is 0 Å². The molecule has 1 N–H and O–H groups in total. The van der Waals surface area contributed by atoms with Crippen molar-refractivity contribution in [1.82, 2.24) is 0 Å². The maximum atomic E-state index is 10.3. The van der Waals surface area contributed by atoms with Crippen LogP contribution in [0.5, 0.6) is 0 Å². The number of hydrogen-bond donors (Lipinski definition) is 1. The fourth-order valence-corrected chi connectivity index (χ4v) is 4.38. The second kappa shape index (κ2) is 7.11. The molecule has 3 unspecified atom stereocenters. The normalized spacial score (nSPS) is 38.1. The average Bonchev–Trinajstić information content (AvgIpc) is 2.39. The maximum absolute atomic E-state index is 10.3. The van der Waals surface area contributed by atoms with Crippen LogP contribution >= 0.6 is 0 Å². The molecule has 0 radical (unpaired) electrons. The van der Waals surface area contributed by atoms with Crippen molar-refractivity contribution in [2.75, 3.05) is 0 Å². The fraction of sp³-hybridized carbons (Fsp3) is 0.895. The Morgan fingerprint density at radius 2 is 1.90 bits per heavy atom. The third-order valence-corrected chi connectivity index (χ3v) is 5.93. The SMILES string of the molecule is CC(O)C(CC1CC[C@H](C)C[C@@H]1C)C1=CC[C@H](C)CC1. The summed E-state index contributed by atoms with van der Waals surface area (Å²) in [5.74, 6) is 3.82. The lowest BCUT2D eigenvalue weighted by Crippen LogP contribution is -2.29. The van der Waals surface area contributed by atoms with Crippen LogP contribution in [-0.2, 0) is 0 Å². The molecule has 1 saturated carbocycles. The second-order valence-corrected chi connectivity index (χ2v) is 7.90. The van der Waals surface area contributed by atoms with Gasteiger partial charge in [-0.25, -0.2) is 0 Å². The van der Waals surface area contributed by atoms with Gasteiger partial charge in [-0.15, -0.1) is 0 Å². The first-order valence-electron chi connectivity index (χ1n) is 8.84. The van der Waals surface area contributed by atoms with Gasteiger partial charge in [0.25, 0.3) is 0 Å². The van der Waals surface area contributed by atoms with E-state index < -0.39 is 0 Å². The number of rotatable bonds is 4. The molecular weight excluding hydrogens is 244 g/mol. The Kier molecular flexibility index (Phi) is 5.72. The van der Waals surface area contributed by atoms with Crippen molar-refractivity contribution >= 4 is 0 Å². The highest BCUT2D eigenvalue weighted by molar-refractivity contribution is 5.12. The highest BCUT2D eigenvalue weighted by atomic mass is 16.3. The molecule has 0 aromatic heterocycles. The lowest BCUT2D eigenvalue weighted by molar-refractivity contribution is 0.0984. The monoisotopic (exact) mass is 278 g/mol. The summed E-state index contributed by atoms with van der Waals surface area (Å²) in [6.45, 7) is 9.16. The van der Waals surface area contributed by atoms with E-state index in [-0.39, 0.29) is 6.10 Å². The van der Waals surface area contributed by atoms with Crippen LogP contribution in [0.15, 0.2) is 11.6 Å². The van der Waals surface area contributed by atoms with Gasteiger partial charge in [-0.05, 0) is 69.1 Å². The molecule has 20 heavy (non-hydrogen) atoms. The minimum atomic E-state index is -0.179. The molecule has 0 aliphatic heterocycles. The summed E-state index contributed by atoms with van der Waals surface area (Å²) in [6, 6.07) is 0. The second-order valence-electron chi connectivity index (χ2n) is 7.90. The summed E-state index contributed by atoms with van der Waals surface area (Å²) in [4.78, 5) is 0. The lowest BCUT2D eigenvalue weighted by atomic mass is 9.69. The van der Waals surface area contributed by atoms with E-state index in [1.807, 2.05) is 6.92 Å². The van der Waals surface area contributed by atoms with Crippen molar-refractivity contribution < 1.29 is 5.11 Å². The minimum absolute atomic E-state index is 0.179. The Morgan fingerprint density at radius 3 is 2.45 bits per heavy atom. The van der Waals surface area contributed by atoms with Gasteiger partial charge in [0.15, 0.2) is 0 Å². The standard InChI is InChI=1S/C19H34O/c1-13-5-8-17(9-6-13)19(16(4)20)12-18-10-7-14(2)11-15(18)3/h8,13-16,18-20H,5-7,9-12H2,1-4H3/t13-,14-,15-,16?,18?,19?/m0/s1. The first kappa shape index (κ1) is 16.1. The van der Waals surface area contributed by atoms with E-state index in [0.29, 0.717) is 5.92 Å². The molecule has 6 atom stereocenters. The van der Waals surface area contributed by atoms with Crippen LogP contribution < -0.4 is 0 Å². The van der Waals surface area contributed by atoms with E-state index >= 15 is 0 Å². The predicted octanol–water partition coefficient (Wildman–Crippen LogP) is 5.19. The highest BCUT2D eigenvalue weighted by Crippen LogP contribution is 2.40. The van der Waals surface area contributed by atoms with Gasteiger partial charge in [0, 0.05) is 5.92 Å². The zero-order valence-electron chi connectivity index (χ0n) is 13.9. The van der Waals surface area contributed by atoms with Crippen molar-refractivity contribution in [1.29, 1.82) is 0 Å². The summed E-state index contributed by atoms with van der Waals surface area (Å²) in [5, 5.41) is 10.3. The Morgan fingerprint density at radius 1 is 1.15 bits per heavy atom. The van der Waals surface area contributed by atoms with Gasteiger partial charge in [0.2, 0.25) is 0 Å². The summed E-state index contributed by atoms with van der Waals surface area (Å²) < 4.78 is 0. The topological polar surface area (TPSA) is 20.2 Å². The minimum Gasteiger partial charge on any atom is -0.393 e. The molecule has 0 aromatic carbocycles. The molecule has 2 aliphatic carbocycles. The lowest BCUT2D eigenvalue weighted by Gasteiger charge is -2.37. The Balaban J connectivity index is 1.99. The van der Waals surface area contributed by atoms with E-state index in [1.54, 1.807) is 5.57 Å². The molecule has 0 heterocycles. The largest absolute Gasteiger partial charge is 0.393 e. The van der Waals surface area contributed by atoms with Crippen molar-refractivity contribution in [2.45, 2.75) is 78.7 Å². The van der Waals surface area contributed by atoms with Crippen LogP contribution in [0.4, 0.5) is 0 Å². The summed E-state index contributed by atoms with van der Waals surface area (Å²) in [6.07, 6.45) is 11.4. The summed E-state index contributed by atoms with van der Waals surface area (Å²) in [5.41, 5.74) is 1.56. The molecule has 116 valence electrons. The van der Waals surface area contributed by atoms with E-state index in [4.69, 9.17) is 0 Å². The van der Waals surface area contributed by atoms with E-state index in [9.17, 15) is 5.11 Å². The molecule has 1 fully saturated rings. The molecule has 0 saturated heterocycles. The van der Waals surface area contributed by atoms with Crippen molar-refractivity contribution in [3.8, 4) is 0 Å². The van der Waals surface area contributed by atoms with Crippen LogP contribution in [0.1, 0.15) is 72.6 Å². The van der Waals surface area contributed by atoms with Crippen LogP contribution in [0.2, 0.25) is 0 Å². The summed E-state index contributed by atoms with van der Waals surface area (Å²) >= 11 is 0. The third kappa shape index (κ3) is 4.10. The zero-order chi connectivity index (χ0) is 14.7. The molecule has 0 bridgehead atoms. The van der Waals surface area contributed by atoms with E-state index in [1.165, 1.54) is 44.9 Å². The fourth-order valence-electron chi connectivity index (χ4n) is 4.38. The quantitative estimate of drug-likeness (QED) is 0.701. The van der Waals surface area contributed by atoms with Gasteiger partial charge < -0.3 is 5.11 Å². The summed E-state index contributed by atoms with van der Waals surface area (Å²) in [7, 11) is 0. The van der Waals surface area contributed by atoms with Crippen molar-refractivity contribution in [3.63, 3.8) is 0 Å². The van der Waals surface area contributed by atoms with E-state index in [0.717, 1.165) is 23.7 Å². The predicted molar refractivity (Wildman–Crippen MR) is 86.6 cm³/mol. The van der Waals surface area contributed by atoms with E-state index in [2.05, 4.69) is 26.8 Å². The number of allylic oxidation sites excluding steroid dienone is 1. The van der Waals surface area contributed by atoms with Gasteiger partial charge in [0.1, 0.15) is 0 Å². The highest BCUT2D eigenvalue weighted by Gasteiger charge is 2.31. The van der Waals surface area contributed by atoms with Gasteiger partial charge in [-0.2, -0.15) is 0 Å². The van der Waals surface area contributed by atoms with Crippen LogP contribution in [0, 0.1) is 29.6 Å². The van der Waals surface area contributed by atoms with Crippen LogP contribution in [-0.4, -0.2) is 11.2 Å². The first-order valence-corrected chi connectivity index (χ1v) is 8.84. The van der Waals surface area contributed by atoms with Gasteiger partial charge in [0.05, 0.1) is 6.10 Å². The zero-order valence-corrected chi connectivity index (χ0v) is 13.9.